The minimum absolute atomic E-state index is 0.234. The molecule has 0 fully saturated rings. The van der Waals surface area contributed by atoms with Crippen LogP contribution in [0.15, 0.2) is 42.5 Å². The van der Waals surface area contributed by atoms with E-state index in [4.69, 9.17) is 4.74 Å². The number of amides is 1. The summed E-state index contributed by atoms with van der Waals surface area (Å²) in [5.41, 5.74) is 3.46. The van der Waals surface area contributed by atoms with Gasteiger partial charge in [-0.2, -0.15) is 0 Å². The molecule has 2 aromatic rings. The van der Waals surface area contributed by atoms with Gasteiger partial charge in [0.05, 0.1) is 25.1 Å². The van der Waals surface area contributed by atoms with Crippen LogP contribution in [0.1, 0.15) is 49.9 Å². The molecule has 1 N–H and O–H groups in total. The van der Waals surface area contributed by atoms with Crippen molar-refractivity contribution in [3.05, 3.63) is 59.2 Å². The van der Waals surface area contributed by atoms with Gasteiger partial charge in [-0.25, -0.2) is 8.42 Å². The number of hydrogen-bond donors (Lipinski definition) is 1. The van der Waals surface area contributed by atoms with Gasteiger partial charge in [0.15, 0.2) is 0 Å². The molecule has 170 valence electrons. The Morgan fingerprint density at radius 2 is 1.65 bits per heavy atom. The topological polar surface area (TPSA) is 75.7 Å². The standard InChI is InChI=1S/C24H34N2O4S/c1-16(2)14-23(20-9-12-22(30-6)13-10-20)25-24(27)19(5)26(31(7,28)29)21-11-8-17(3)18(4)15-21/h8-13,15-16,19,23H,14H2,1-7H3,(H,25,27)/t19-,23-/m0/s1. The number of benzene rings is 2. The number of rotatable bonds is 9. The second kappa shape index (κ2) is 10.2. The second-order valence-corrected chi connectivity index (χ2v) is 10.3. The summed E-state index contributed by atoms with van der Waals surface area (Å²) in [4.78, 5) is 13.2. The van der Waals surface area contributed by atoms with Gasteiger partial charge in [-0.1, -0.05) is 32.0 Å². The van der Waals surface area contributed by atoms with Gasteiger partial charge in [0.25, 0.3) is 0 Å². The van der Waals surface area contributed by atoms with Crippen molar-refractivity contribution in [3.8, 4) is 5.75 Å². The van der Waals surface area contributed by atoms with E-state index in [2.05, 4.69) is 19.2 Å². The Bertz CT molecular complexity index is 1000. The van der Waals surface area contributed by atoms with E-state index in [-0.39, 0.29) is 11.9 Å². The van der Waals surface area contributed by atoms with Crippen LogP contribution in [0.2, 0.25) is 0 Å². The first kappa shape index (κ1) is 24.7. The van der Waals surface area contributed by atoms with Crippen LogP contribution in [0.5, 0.6) is 5.75 Å². The number of nitrogens with one attached hydrogen (secondary N) is 1. The molecular formula is C24H34N2O4S. The summed E-state index contributed by atoms with van der Waals surface area (Å²) in [6.45, 7) is 9.68. The predicted octanol–water partition coefficient (Wildman–Crippen LogP) is 4.37. The zero-order chi connectivity index (χ0) is 23.3. The van der Waals surface area contributed by atoms with Crippen molar-refractivity contribution in [3.63, 3.8) is 0 Å². The van der Waals surface area contributed by atoms with Crippen molar-refractivity contribution < 1.29 is 17.9 Å². The van der Waals surface area contributed by atoms with Gasteiger partial charge in [-0.3, -0.25) is 9.10 Å². The van der Waals surface area contributed by atoms with E-state index in [1.54, 1.807) is 26.2 Å². The molecule has 2 aromatic carbocycles. The molecule has 31 heavy (non-hydrogen) atoms. The fourth-order valence-electron chi connectivity index (χ4n) is 3.55. The molecule has 6 nitrogen and oxygen atoms in total. The lowest BCUT2D eigenvalue weighted by molar-refractivity contribution is -0.122. The molecule has 0 saturated heterocycles. The fraction of sp³-hybridized carbons (Fsp3) is 0.458. The maximum atomic E-state index is 13.2. The van der Waals surface area contributed by atoms with Gasteiger partial charge < -0.3 is 10.1 Å². The molecule has 0 aliphatic carbocycles. The van der Waals surface area contributed by atoms with E-state index in [0.717, 1.165) is 35.1 Å². The number of carbonyl (C=O) groups is 1. The fourth-order valence-corrected chi connectivity index (χ4v) is 4.72. The number of aryl methyl sites for hydroxylation is 2. The lowest BCUT2D eigenvalue weighted by Crippen LogP contribution is -2.48. The minimum atomic E-state index is -3.67. The third kappa shape index (κ3) is 6.47. The van der Waals surface area contributed by atoms with Gasteiger partial charge in [-0.15, -0.1) is 0 Å². The maximum Gasteiger partial charge on any atom is 0.244 e. The van der Waals surface area contributed by atoms with Crippen LogP contribution >= 0.6 is 0 Å². The zero-order valence-corrected chi connectivity index (χ0v) is 20.3. The van der Waals surface area contributed by atoms with Gasteiger partial charge in [0.2, 0.25) is 15.9 Å². The quantitative estimate of drug-likeness (QED) is 0.621. The largest absolute Gasteiger partial charge is 0.497 e. The Hall–Kier alpha value is -2.54. The van der Waals surface area contributed by atoms with E-state index in [0.29, 0.717) is 11.6 Å². The van der Waals surface area contributed by atoms with Crippen LogP contribution < -0.4 is 14.4 Å². The summed E-state index contributed by atoms with van der Waals surface area (Å²) in [5, 5.41) is 3.06. The number of methoxy groups -OCH3 is 1. The van der Waals surface area contributed by atoms with Gasteiger partial charge >= 0.3 is 0 Å². The Kier molecular flexibility index (Phi) is 8.12. The summed E-state index contributed by atoms with van der Waals surface area (Å²) in [6.07, 6.45) is 1.86. The second-order valence-electron chi connectivity index (χ2n) is 8.47. The highest BCUT2D eigenvalue weighted by molar-refractivity contribution is 7.92. The van der Waals surface area contributed by atoms with Crippen LogP contribution in [0.4, 0.5) is 5.69 Å². The van der Waals surface area contributed by atoms with Crippen LogP contribution in [0.25, 0.3) is 0 Å². The first-order chi connectivity index (χ1) is 14.4. The normalized spacial score (nSPS) is 13.5. The smallest absolute Gasteiger partial charge is 0.244 e. The van der Waals surface area contributed by atoms with Gasteiger partial charge in [0.1, 0.15) is 11.8 Å². The van der Waals surface area contributed by atoms with Gasteiger partial charge in [-0.05, 0) is 74.1 Å². The highest BCUT2D eigenvalue weighted by Gasteiger charge is 2.31. The molecule has 7 heteroatoms. The molecule has 0 radical (unpaired) electrons. The Labute approximate surface area is 186 Å². The van der Waals surface area contributed by atoms with Crippen molar-refractivity contribution in [1.82, 2.24) is 5.32 Å². The number of carbonyl (C=O) groups excluding carboxylic acids is 1. The molecule has 0 aromatic heterocycles. The minimum Gasteiger partial charge on any atom is -0.497 e. The number of nitrogens with zero attached hydrogens (tertiary/aromatic N) is 1. The molecule has 2 atom stereocenters. The third-order valence-corrected chi connectivity index (χ3v) is 6.62. The molecular weight excluding hydrogens is 412 g/mol. The van der Waals surface area contributed by atoms with Crippen molar-refractivity contribution in [1.29, 1.82) is 0 Å². The van der Waals surface area contributed by atoms with Crippen LogP contribution in [-0.2, 0) is 14.8 Å². The summed E-state index contributed by atoms with van der Waals surface area (Å²) >= 11 is 0. The van der Waals surface area contributed by atoms with Crippen LogP contribution in [0.3, 0.4) is 0 Å². The lowest BCUT2D eigenvalue weighted by Gasteiger charge is -2.30. The summed E-state index contributed by atoms with van der Waals surface area (Å²) in [5.74, 6) is 0.739. The molecule has 2 rings (SSSR count). The van der Waals surface area contributed by atoms with Crippen molar-refractivity contribution in [2.24, 2.45) is 5.92 Å². The monoisotopic (exact) mass is 446 g/mol. The Morgan fingerprint density at radius 1 is 1.03 bits per heavy atom. The Morgan fingerprint density at radius 3 is 2.13 bits per heavy atom. The van der Waals surface area contributed by atoms with E-state index in [1.165, 1.54) is 4.31 Å². The molecule has 0 heterocycles. The van der Waals surface area contributed by atoms with Crippen molar-refractivity contribution in [2.45, 2.75) is 53.1 Å². The summed E-state index contributed by atoms with van der Waals surface area (Å²) in [6, 6.07) is 11.8. The molecule has 0 aliphatic rings. The highest BCUT2D eigenvalue weighted by atomic mass is 32.2. The molecule has 0 spiro atoms. The molecule has 1 amide bonds. The average Bonchev–Trinajstić information content (AvgIpc) is 2.69. The maximum absolute atomic E-state index is 13.2. The SMILES string of the molecule is COc1ccc([C@H](CC(C)C)NC(=O)[C@H](C)N(c2ccc(C)c(C)c2)S(C)(=O)=O)cc1. The van der Waals surface area contributed by atoms with E-state index < -0.39 is 16.1 Å². The summed E-state index contributed by atoms with van der Waals surface area (Å²) < 4.78 is 31.6. The number of ether oxygens (including phenoxy) is 1. The Balaban J connectivity index is 2.33. The van der Waals surface area contributed by atoms with Crippen LogP contribution in [-0.4, -0.2) is 33.7 Å². The lowest BCUT2D eigenvalue weighted by atomic mass is 9.96. The van der Waals surface area contributed by atoms with E-state index in [9.17, 15) is 13.2 Å². The first-order valence-electron chi connectivity index (χ1n) is 10.4. The molecule has 0 unspecified atom stereocenters. The number of anilines is 1. The van der Waals surface area contributed by atoms with Crippen molar-refractivity contribution >= 4 is 21.6 Å². The first-order valence-corrected chi connectivity index (χ1v) is 12.3. The number of sulfonamides is 1. The number of hydrogen-bond acceptors (Lipinski definition) is 4. The third-order valence-electron chi connectivity index (χ3n) is 5.38. The van der Waals surface area contributed by atoms with E-state index in [1.807, 2.05) is 44.2 Å². The van der Waals surface area contributed by atoms with Crippen LogP contribution in [0, 0.1) is 19.8 Å². The molecule has 0 aliphatic heterocycles. The average molecular weight is 447 g/mol. The molecule has 0 bridgehead atoms. The van der Waals surface area contributed by atoms with E-state index >= 15 is 0 Å². The van der Waals surface area contributed by atoms with Crippen molar-refractivity contribution in [2.75, 3.05) is 17.7 Å². The highest BCUT2D eigenvalue weighted by Crippen LogP contribution is 2.26. The molecule has 0 saturated carbocycles. The zero-order valence-electron chi connectivity index (χ0n) is 19.5. The summed E-state index contributed by atoms with van der Waals surface area (Å²) in [7, 11) is -2.06. The van der Waals surface area contributed by atoms with Gasteiger partial charge in [0, 0.05) is 0 Å². The predicted molar refractivity (Wildman–Crippen MR) is 126 cm³/mol.